The summed E-state index contributed by atoms with van der Waals surface area (Å²) in [6, 6.07) is 9.96. The molecule has 0 aliphatic carbocycles. The Morgan fingerprint density at radius 3 is 2.67 bits per heavy atom. The Balaban J connectivity index is 1.98. The van der Waals surface area contributed by atoms with E-state index in [9.17, 15) is 4.79 Å². The summed E-state index contributed by atoms with van der Waals surface area (Å²) in [5.41, 5.74) is 1.12. The molecule has 2 rings (SSSR count). The lowest BCUT2D eigenvalue weighted by molar-refractivity contribution is -0.142. The molecule has 0 aromatic heterocycles. The van der Waals surface area contributed by atoms with Gasteiger partial charge in [0.1, 0.15) is 0 Å². The first-order valence-corrected chi connectivity index (χ1v) is 4.87. The van der Waals surface area contributed by atoms with Crippen LogP contribution in [-0.2, 0) is 9.53 Å². The van der Waals surface area contributed by atoms with Gasteiger partial charge in [-0.15, -0.1) is 0 Å². The number of ether oxygens (including phenoxy) is 1. The Morgan fingerprint density at radius 1 is 1.33 bits per heavy atom. The van der Waals surface area contributed by atoms with E-state index in [2.05, 4.69) is 5.32 Å². The maximum Gasteiger partial charge on any atom is 0.252 e. The van der Waals surface area contributed by atoms with Gasteiger partial charge in [0.25, 0.3) is 5.91 Å². The number of carbonyl (C=O) groups excluding carboxylic acids is 1. The number of benzene rings is 1. The predicted molar refractivity (Wildman–Crippen MR) is 58.2 cm³/mol. The first-order chi connectivity index (χ1) is 7.31. The van der Waals surface area contributed by atoms with Gasteiger partial charge in [-0.1, -0.05) is 42.5 Å². The topological polar surface area (TPSA) is 38.3 Å². The third kappa shape index (κ3) is 2.07. The fourth-order valence-electron chi connectivity index (χ4n) is 1.57. The van der Waals surface area contributed by atoms with Gasteiger partial charge in [-0.2, -0.15) is 0 Å². The van der Waals surface area contributed by atoms with Crippen LogP contribution in [0.25, 0.3) is 6.08 Å². The van der Waals surface area contributed by atoms with Crippen molar-refractivity contribution in [2.24, 2.45) is 0 Å². The monoisotopic (exact) mass is 203 g/mol. The van der Waals surface area contributed by atoms with Gasteiger partial charge in [-0.25, -0.2) is 0 Å². The van der Waals surface area contributed by atoms with E-state index in [0.29, 0.717) is 0 Å². The molecule has 3 nitrogen and oxygen atoms in total. The van der Waals surface area contributed by atoms with Crippen molar-refractivity contribution in [2.75, 3.05) is 7.11 Å². The van der Waals surface area contributed by atoms with Crippen molar-refractivity contribution in [1.29, 1.82) is 0 Å². The molecule has 1 fully saturated rings. The first kappa shape index (κ1) is 9.93. The van der Waals surface area contributed by atoms with Crippen molar-refractivity contribution in [1.82, 2.24) is 5.32 Å². The van der Waals surface area contributed by atoms with Crippen molar-refractivity contribution in [2.45, 2.75) is 12.1 Å². The standard InChI is InChI=1S/C12H13NO2/c1-15-11-10(13-12(11)14)8-7-9-5-3-2-4-6-9/h2-8,10-11H,1H3,(H,13,14)/b8-7+/t10-,11+/m0/s1. The highest BCUT2D eigenvalue weighted by Crippen LogP contribution is 2.12. The number of carbonyl (C=O) groups is 1. The zero-order chi connectivity index (χ0) is 10.7. The molecule has 1 aliphatic heterocycles. The molecule has 1 saturated heterocycles. The molecule has 78 valence electrons. The minimum absolute atomic E-state index is 0.00251. The number of β-lactam (4-membered cyclic amide) rings is 1. The van der Waals surface area contributed by atoms with Gasteiger partial charge >= 0.3 is 0 Å². The van der Waals surface area contributed by atoms with E-state index in [1.807, 2.05) is 42.5 Å². The van der Waals surface area contributed by atoms with Crippen LogP contribution in [0.5, 0.6) is 0 Å². The number of hydrogen-bond donors (Lipinski definition) is 1. The predicted octanol–water partition coefficient (Wildman–Crippen LogP) is 1.21. The molecular formula is C12H13NO2. The van der Waals surface area contributed by atoms with Crippen molar-refractivity contribution in [3.8, 4) is 0 Å². The van der Waals surface area contributed by atoms with Crippen molar-refractivity contribution >= 4 is 12.0 Å². The molecule has 0 unspecified atom stereocenters. The summed E-state index contributed by atoms with van der Waals surface area (Å²) < 4.78 is 5.04. The average Bonchev–Trinajstić information content (AvgIpc) is 2.26. The van der Waals surface area contributed by atoms with Gasteiger partial charge in [0.05, 0.1) is 6.04 Å². The van der Waals surface area contributed by atoms with E-state index < -0.39 is 0 Å². The third-order valence-corrected chi connectivity index (χ3v) is 2.44. The summed E-state index contributed by atoms with van der Waals surface area (Å²) in [6.07, 6.45) is 3.60. The van der Waals surface area contributed by atoms with Gasteiger partial charge in [0.15, 0.2) is 6.10 Å². The van der Waals surface area contributed by atoms with E-state index in [-0.39, 0.29) is 18.1 Å². The van der Waals surface area contributed by atoms with E-state index in [1.165, 1.54) is 0 Å². The van der Waals surface area contributed by atoms with Crippen LogP contribution in [0.1, 0.15) is 5.56 Å². The molecule has 1 aromatic carbocycles. The molecule has 0 radical (unpaired) electrons. The summed E-state index contributed by atoms with van der Waals surface area (Å²) in [6.45, 7) is 0. The summed E-state index contributed by atoms with van der Waals surface area (Å²) in [5.74, 6) is -0.0415. The van der Waals surface area contributed by atoms with Crippen LogP contribution in [0.2, 0.25) is 0 Å². The second kappa shape index (κ2) is 4.28. The van der Waals surface area contributed by atoms with E-state index >= 15 is 0 Å². The van der Waals surface area contributed by atoms with Gasteiger partial charge in [-0.3, -0.25) is 4.79 Å². The SMILES string of the molecule is CO[C@H]1C(=O)N[C@H]1/C=C/c1ccccc1. The largest absolute Gasteiger partial charge is 0.369 e. The molecular weight excluding hydrogens is 190 g/mol. The lowest BCUT2D eigenvalue weighted by Crippen LogP contribution is -2.62. The van der Waals surface area contributed by atoms with Crippen LogP contribution in [0.4, 0.5) is 0 Å². The normalized spacial score (nSPS) is 25.0. The summed E-state index contributed by atoms with van der Waals surface area (Å²) in [7, 11) is 1.55. The maximum absolute atomic E-state index is 11.0. The lowest BCUT2D eigenvalue weighted by Gasteiger charge is -2.33. The number of hydrogen-bond acceptors (Lipinski definition) is 2. The molecule has 0 bridgehead atoms. The van der Waals surface area contributed by atoms with Gasteiger partial charge < -0.3 is 10.1 Å². The fraction of sp³-hybridized carbons (Fsp3) is 0.250. The van der Waals surface area contributed by atoms with Gasteiger partial charge in [-0.05, 0) is 5.56 Å². The minimum Gasteiger partial charge on any atom is -0.369 e. The van der Waals surface area contributed by atoms with E-state index in [0.717, 1.165) is 5.56 Å². The molecule has 3 heteroatoms. The summed E-state index contributed by atoms with van der Waals surface area (Å²) in [4.78, 5) is 11.0. The molecule has 1 amide bonds. The van der Waals surface area contributed by atoms with Crippen LogP contribution in [0.3, 0.4) is 0 Å². The second-order valence-electron chi connectivity index (χ2n) is 3.46. The lowest BCUT2D eigenvalue weighted by atomic mass is 10.0. The molecule has 1 N–H and O–H groups in total. The van der Waals surface area contributed by atoms with E-state index in [1.54, 1.807) is 7.11 Å². The quantitative estimate of drug-likeness (QED) is 0.750. The molecule has 15 heavy (non-hydrogen) atoms. The number of nitrogens with one attached hydrogen (secondary N) is 1. The molecule has 0 saturated carbocycles. The average molecular weight is 203 g/mol. The second-order valence-corrected chi connectivity index (χ2v) is 3.46. The fourth-order valence-corrected chi connectivity index (χ4v) is 1.57. The molecule has 2 atom stereocenters. The highest BCUT2D eigenvalue weighted by molar-refractivity contribution is 5.89. The number of methoxy groups -OCH3 is 1. The zero-order valence-corrected chi connectivity index (χ0v) is 8.51. The highest BCUT2D eigenvalue weighted by Gasteiger charge is 2.37. The van der Waals surface area contributed by atoms with Gasteiger partial charge in [0, 0.05) is 7.11 Å². The third-order valence-electron chi connectivity index (χ3n) is 2.44. The summed E-state index contributed by atoms with van der Waals surface area (Å²) >= 11 is 0. The van der Waals surface area contributed by atoms with Crippen LogP contribution in [0, 0.1) is 0 Å². The minimum atomic E-state index is -0.329. The van der Waals surface area contributed by atoms with Crippen molar-refractivity contribution in [3.05, 3.63) is 42.0 Å². The van der Waals surface area contributed by atoms with Crippen LogP contribution < -0.4 is 5.32 Å². The zero-order valence-electron chi connectivity index (χ0n) is 8.51. The molecule has 1 heterocycles. The Kier molecular flexibility index (Phi) is 2.83. The first-order valence-electron chi connectivity index (χ1n) is 4.87. The van der Waals surface area contributed by atoms with Crippen molar-refractivity contribution in [3.63, 3.8) is 0 Å². The Morgan fingerprint density at radius 2 is 2.07 bits per heavy atom. The number of rotatable bonds is 3. The molecule has 0 spiro atoms. The van der Waals surface area contributed by atoms with Gasteiger partial charge in [0.2, 0.25) is 0 Å². The van der Waals surface area contributed by atoms with Crippen LogP contribution in [-0.4, -0.2) is 25.2 Å². The summed E-state index contributed by atoms with van der Waals surface area (Å²) in [5, 5.41) is 2.76. The van der Waals surface area contributed by atoms with Crippen LogP contribution in [0.15, 0.2) is 36.4 Å². The smallest absolute Gasteiger partial charge is 0.252 e. The Hall–Kier alpha value is -1.61. The molecule has 1 aliphatic rings. The maximum atomic E-state index is 11.0. The molecule has 1 aromatic rings. The van der Waals surface area contributed by atoms with Crippen LogP contribution >= 0.6 is 0 Å². The number of amides is 1. The Bertz CT molecular complexity index is 372. The Labute approximate surface area is 88.8 Å². The van der Waals surface area contributed by atoms with Crippen molar-refractivity contribution < 1.29 is 9.53 Å². The van der Waals surface area contributed by atoms with E-state index in [4.69, 9.17) is 4.74 Å². The highest BCUT2D eigenvalue weighted by atomic mass is 16.5.